The van der Waals surface area contributed by atoms with Gasteiger partial charge in [-0.1, -0.05) is 78.6 Å². The first-order valence-electron chi connectivity index (χ1n) is 9.37. The number of ether oxygens (including phenoxy) is 1. The van der Waals surface area contributed by atoms with Crippen LogP contribution in [0, 0.1) is 0 Å². The maximum Gasteiger partial charge on any atom is 0.109 e. The van der Waals surface area contributed by atoms with E-state index in [2.05, 4.69) is 26.1 Å². The Balaban J connectivity index is 3.26. The van der Waals surface area contributed by atoms with Gasteiger partial charge in [0, 0.05) is 6.61 Å². The van der Waals surface area contributed by atoms with E-state index >= 15 is 0 Å². The Hall–Kier alpha value is -0.120. The van der Waals surface area contributed by atoms with Crippen LogP contribution in [0.1, 0.15) is 97.8 Å². The van der Waals surface area contributed by atoms with Crippen LogP contribution in [0.3, 0.4) is 0 Å². The number of unbranched alkanes of at least 4 members (excludes halogenated alkanes) is 9. The first-order valence-corrected chi connectivity index (χ1v) is 9.37. The van der Waals surface area contributed by atoms with E-state index in [1.54, 1.807) is 0 Å². The molecule has 0 aliphatic rings. The molecule has 3 heteroatoms. The molecule has 3 nitrogen and oxygen atoms in total. The fourth-order valence-corrected chi connectivity index (χ4v) is 2.46. The monoisotopic (exact) mass is 300 g/mol. The van der Waals surface area contributed by atoms with E-state index < -0.39 is 0 Å². The summed E-state index contributed by atoms with van der Waals surface area (Å²) in [7, 11) is 0. The second kappa shape index (κ2) is 16.3. The van der Waals surface area contributed by atoms with Crippen molar-refractivity contribution in [2.75, 3.05) is 6.61 Å². The Morgan fingerprint density at radius 1 is 0.762 bits per heavy atom. The summed E-state index contributed by atoms with van der Waals surface area (Å²) in [5.74, 6) is 0. The molecule has 0 rings (SSSR count). The molecule has 0 fully saturated rings. The zero-order valence-electron chi connectivity index (χ0n) is 14.8. The fraction of sp³-hybridized carbons (Fsp3) is 1.00. The van der Waals surface area contributed by atoms with Crippen LogP contribution in [0.2, 0.25) is 0 Å². The van der Waals surface area contributed by atoms with Crippen molar-refractivity contribution >= 4 is 0 Å². The Labute approximate surface area is 133 Å². The molecule has 3 N–H and O–H groups in total. The molecule has 0 bridgehead atoms. The highest BCUT2D eigenvalue weighted by Gasteiger charge is 2.08. The molecule has 21 heavy (non-hydrogen) atoms. The van der Waals surface area contributed by atoms with E-state index in [0.717, 1.165) is 19.4 Å². The van der Waals surface area contributed by atoms with Crippen LogP contribution in [0.15, 0.2) is 0 Å². The van der Waals surface area contributed by atoms with Crippen LogP contribution >= 0.6 is 0 Å². The molecule has 0 aromatic carbocycles. The number of hydrogen-bond acceptors (Lipinski definition) is 3. The van der Waals surface area contributed by atoms with Gasteiger partial charge in [-0.25, -0.2) is 0 Å². The second-order valence-corrected chi connectivity index (χ2v) is 6.13. The molecule has 0 aliphatic heterocycles. The maximum absolute atomic E-state index is 5.89. The molecule has 0 saturated carbocycles. The van der Waals surface area contributed by atoms with Crippen molar-refractivity contribution in [2.24, 2.45) is 5.73 Å². The van der Waals surface area contributed by atoms with Gasteiger partial charge < -0.3 is 10.5 Å². The van der Waals surface area contributed by atoms with Crippen molar-refractivity contribution in [3.05, 3.63) is 0 Å². The third kappa shape index (κ3) is 14.6. The molecule has 128 valence electrons. The summed E-state index contributed by atoms with van der Waals surface area (Å²) in [6.07, 6.45) is 15.8. The fourth-order valence-electron chi connectivity index (χ4n) is 2.46. The second-order valence-electron chi connectivity index (χ2n) is 6.13. The topological polar surface area (TPSA) is 47.3 Å². The molecule has 0 aliphatic carbocycles. The van der Waals surface area contributed by atoms with E-state index in [9.17, 15) is 0 Å². The molecule has 0 saturated heterocycles. The van der Waals surface area contributed by atoms with Gasteiger partial charge in [-0.2, -0.15) is 0 Å². The summed E-state index contributed by atoms with van der Waals surface area (Å²) >= 11 is 0. The zero-order valence-corrected chi connectivity index (χ0v) is 14.8. The largest absolute Gasteiger partial charge is 0.363 e. The predicted molar refractivity (Wildman–Crippen MR) is 93.3 cm³/mol. The predicted octanol–water partition coefficient (Wildman–Crippen LogP) is 4.94. The average Bonchev–Trinajstić information content (AvgIpc) is 2.51. The Morgan fingerprint density at radius 2 is 1.29 bits per heavy atom. The van der Waals surface area contributed by atoms with Crippen molar-refractivity contribution < 1.29 is 4.74 Å². The molecular formula is C18H40N2O. The third-order valence-electron chi connectivity index (χ3n) is 4.03. The van der Waals surface area contributed by atoms with Crippen LogP contribution in [0.4, 0.5) is 0 Å². The Kier molecular flexibility index (Phi) is 16.2. The van der Waals surface area contributed by atoms with Crippen LogP contribution in [-0.2, 0) is 4.74 Å². The van der Waals surface area contributed by atoms with Crippen LogP contribution < -0.4 is 11.1 Å². The lowest BCUT2D eigenvalue weighted by Gasteiger charge is -2.21. The van der Waals surface area contributed by atoms with Gasteiger partial charge in [0.1, 0.15) is 6.23 Å². The zero-order chi connectivity index (χ0) is 15.8. The van der Waals surface area contributed by atoms with E-state index in [4.69, 9.17) is 10.5 Å². The van der Waals surface area contributed by atoms with Gasteiger partial charge in [-0.15, -0.1) is 0 Å². The highest BCUT2D eigenvalue weighted by atomic mass is 16.5. The minimum Gasteiger partial charge on any atom is -0.363 e. The van der Waals surface area contributed by atoms with Gasteiger partial charge in [0.15, 0.2) is 0 Å². The summed E-state index contributed by atoms with van der Waals surface area (Å²) in [4.78, 5) is 0. The first kappa shape index (κ1) is 20.9. The molecule has 0 amide bonds. The van der Waals surface area contributed by atoms with Gasteiger partial charge >= 0.3 is 0 Å². The summed E-state index contributed by atoms with van der Waals surface area (Å²) in [5, 5.41) is 3.31. The molecule has 0 aromatic heterocycles. The van der Waals surface area contributed by atoms with E-state index in [1.165, 1.54) is 64.2 Å². The van der Waals surface area contributed by atoms with Gasteiger partial charge in [-0.3, -0.25) is 5.32 Å². The highest BCUT2D eigenvalue weighted by Crippen LogP contribution is 2.10. The van der Waals surface area contributed by atoms with Crippen LogP contribution in [0.5, 0.6) is 0 Å². The molecule has 0 aromatic rings. The quantitative estimate of drug-likeness (QED) is 0.313. The maximum atomic E-state index is 5.89. The summed E-state index contributed by atoms with van der Waals surface area (Å²) in [5.41, 5.74) is 5.89. The smallest absolute Gasteiger partial charge is 0.109 e. The van der Waals surface area contributed by atoms with Crippen molar-refractivity contribution in [3.63, 3.8) is 0 Å². The standard InChI is InChI=1S/C18H40N2O/c1-4-7-8-9-10-11-12-13-14-15-16-21-18(6-3)20-17(19)5-2/h17-18,20H,4-16,19H2,1-3H3. The lowest BCUT2D eigenvalue weighted by Crippen LogP contribution is -2.44. The highest BCUT2D eigenvalue weighted by molar-refractivity contribution is 4.60. The van der Waals surface area contributed by atoms with Crippen molar-refractivity contribution in [2.45, 2.75) is 110 Å². The van der Waals surface area contributed by atoms with Crippen LogP contribution in [-0.4, -0.2) is 19.0 Å². The summed E-state index contributed by atoms with van der Waals surface area (Å²) < 4.78 is 5.84. The number of hydrogen-bond donors (Lipinski definition) is 2. The molecule has 0 heterocycles. The molecule has 0 spiro atoms. The molecule has 2 unspecified atom stereocenters. The van der Waals surface area contributed by atoms with E-state index in [0.29, 0.717) is 0 Å². The third-order valence-corrected chi connectivity index (χ3v) is 4.03. The normalized spacial score (nSPS) is 14.3. The number of rotatable bonds is 16. The average molecular weight is 301 g/mol. The van der Waals surface area contributed by atoms with Crippen molar-refractivity contribution in [3.8, 4) is 0 Å². The van der Waals surface area contributed by atoms with Crippen LogP contribution in [0.25, 0.3) is 0 Å². The Bertz CT molecular complexity index is 200. The Morgan fingerprint density at radius 3 is 1.76 bits per heavy atom. The van der Waals surface area contributed by atoms with Gasteiger partial charge in [0.25, 0.3) is 0 Å². The van der Waals surface area contributed by atoms with Gasteiger partial charge in [-0.05, 0) is 19.3 Å². The van der Waals surface area contributed by atoms with Crippen molar-refractivity contribution in [1.82, 2.24) is 5.32 Å². The summed E-state index contributed by atoms with van der Waals surface area (Å²) in [6.45, 7) is 7.36. The van der Waals surface area contributed by atoms with E-state index in [1.807, 2.05) is 0 Å². The minimum atomic E-state index is 0.0580. The lowest BCUT2D eigenvalue weighted by atomic mass is 10.1. The van der Waals surface area contributed by atoms with Crippen molar-refractivity contribution in [1.29, 1.82) is 0 Å². The van der Waals surface area contributed by atoms with E-state index in [-0.39, 0.29) is 12.4 Å². The number of nitrogens with one attached hydrogen (secondary N) is 1. The minimum absolute atomic E-state index is 0.0580. The molecule has 0 radical (unpaired) electrons. The number of nitrogens with two attached hydrogens (primary N) is 1. The lowest BCUT2D eigenvalue weighted by molar-refractivity contribution is 0.0169. The first-order chi connectivity index (χ1) is 10.2. The molecule has 2 atom stereocenters. The summed E-state index contributed by atoms with van der Waals surface area (Å²) in [6, 6.07) is 0. The molecular weight excluding hydrogens is 260 g/mol. The SMILES string of the molecule is CCCCCCCCCCCCOC(CC)NC(N)CC. The van der Waals surface area contributed by atoms with Gasteiger partial charge in [0.05, 0.1) is 6.17 Å². The van der Waals surface area contributed by atoms with Gasteiger partial charge in [0.2, 0.25) is 0 Å².